The van der Waals surface area contributed by atoms with Crippen molar-refractivity contribution >= 4 is 17.5 Å². The molecule has 0 aliphatic rings. The van der Waals surface area contributed by atoms with E-state index >= 15 is 0 Å². The fourth-order valence-corrected chi connectivity index (χ4v) is 2.33. The third-order valence-electron chi connectivity index (χ3n) is 3.28. The highest BCUT2D eigenvalue weighted by Crippen LogP contribution is 2.17. The zero-order chi connectivity index (χ0) is 17.6. The van der Waals surface area contributed by atoms with E-state index in [2.05, 4.69) is 20.6 Å². The Bertz CT molecular complexity index is 861. The number of nitrogens with zero attached hydrogens (tertiary/aromatic N) is 4. The van der Waals surface area contributed by atoms with E-state index < -0.39 is 5.91 Å². The number of ether oxygens (including phenoxy) is 1. The SMILES string of the molecule is CCOc1ccccc1CNC(=O)c1nc(Cn2cc(Cl)cn2)no1. The molecule has 0 fully saturated rings. The van der Waals surface area contributed by atoms with Crippen LogP contribution in [-0.2, 0) is 13.1 Å². The summed E-state index contributed by atoms with van der Waals surface area (Å²) < 4.78 is 12.1. The number of aromatic nitrogens is 4. The molecule has 0 saturated carbocycles. The normalized spacial score (nSPS) is 10.6. The van der Waals surface area contributed by atoms with E-state index in [0.717, 1.165) is 11.3 Å². The summed E-state index contributed by atoms with van der Waals surface area (Å²) in [6.07, 6.45) is 3.13. The first-order chi connectivity index (χ1) is 12.2. The molecule has 0 saturated heterocycles. The second-order valence-corrected chi connectivity index (χ2v) is 5.53. The first-order valence-electron chi connectivity index (χ1n) is 7.65. The molecule has 0 bridgehead atoms. The van der Waals surface area contributed by atoms with Crippen LogP contribution in [0.5, 0.6) is 5.75 Å². The summed E-state index contributed by atoms with van der Waals surface area (Å²) in [5.41, 5.74) is 0.864. The predicted molar refractivity (Wildman–Crippen MR) is 89.4 cm³/mol. The van der Waals surface area contributed by atoms with Crippen molar-refractivity contribution in [3.05, 3.63) is 59.0 Å². The van der Waals surface area contributed by atoms with Crippen molar-refractivity contribution in [2.24, 2.45) is 0 Å². The molecule has 0 radical (unpaired) electrons. The minimum absolute atomic E-state index is 0.109. The number of amides is 1. The number of halogens is 1. The Morgan fingerprint density at radius 3 is 3.00 bits per heavy atom. The van der Waals surface area contributed by atoms with Gasteiger partial charge in [-0.1, -0.05) is 35.0 Å². The summed E-state index contributed by atoms with van der Waals surface area (Å²) in [6.45, 7) is 3.01. The Balaban J connectivity index is 1.60. The molecule has 8 nitrogen and oxygen atoms in total. The van der Waals surface area contributed by atoms with E-state index in [-0.39, 0.29) is 12.4 Å². The summed E-state index contributed by atoms with van der Waals surface area (Å²) in [5, 5.41) is 11.0. The molecule has 0 spiro atoms. The van der Waals surface area contributed by atoms with Gasteiger partial charge in [-0.2, -0.15) is 10.1 Å². The summed E-state index contributed by atoms with van der Waals surface area (Å²) in [7, 11) is 0. The number of nitrogens with one attached hydrogen (secondary N) is 1. The van der Waals surface area contributed by atoms with Gasteiger partial charge in [0.1, 0.15) is 12.3 Å². The van der Waals surface area contributed by atoms with E-state index in [9.17, 15) is 4.79 Å². The van der Waals surface area contributed by atoms with Crippen LogP contribution < -0.4 is 10.1 Å². The average molecular weight is 362 g/mol. The standard InChI is InChI=1S/C16H16ClN5O3/c1-2-24-13-6-4-3-5-11(13)7-18-15(23)16-20-14(21-25-16)10-22-9-12(17)8-19-22/h3-6,8-9H,2,7,10H2,1H3,(H,18,23). The van der Waals surface area contributed by atoms with Crippen LogP contribution in [0.25, 0.3) is 0 Å². The van der Waals surface area contributed by atoms with E-state index in [1.54, 1.807) is 10.9 Å². The van der Waals surface area contributed by atoms with Gasteiger partial charge in [-0.05, 0) is 13.0 Å². The Kier molecular flexibility index (Phi) is 5.30. The lowest BCUT2D eigenvalue weighted by Gasteiger charge is -2.09. The maximum Gasteiger partial charge on any atom is 0.316 e. The summed E-state index contributed by atoms with van der Waals surface area (Å²) >= 11 is 5.79. The fourth-order valence-electron chi connectivity index (χ4n) is 2.18. The van der Waals surface area contributed by atoms with E-state index in [0.29, 0.717) is 24.0 Å². The summed E-state index contributed by atoms with van der Waals surface area (Å²) in [6, 6.07) is 7.49. The van der Waals surface area contributed by atoms with E-state index in [1.165, 1.54) is 6.20 Å². The van der Waals surface area contributed by atoms with Gasteiger partial charge in [-0.15, -0.1) is 0 Å². The second-order valence-electron chi connectivity index (χ2n) is 5.10. The molecule has 0 aliphatic heterocycles. The van der Waals surface area contributed by atoms with Gasteiger partial charge in [-0.25, -0.2) is 0 Å². The molecule has 1 N–H and O–H groups in total. The number of hydrogen-bond acceptors (Lipinski definition) is 6. The predicted octanol–water partition coefficient (Wildman–Crippen LogP) is 2.30. The molecule has 0 atom stereocenters. The third-order valence-corrected chi connectivity index (χ3v) is 3.47. The molecule has 1 aromatic carbocycles. The number of carbonyl (C=O) groups excluding carboxylic acids is 1. The topological polar surface area (TPSA) is 95.1 Å². The summed E-state index contributed by atoms with van der Waals surface area (Å²) in [4.78, 5) is 16.2. The van der Waals surface area contributed by atoms with Crippen LogP contribution in [-0.4, -0.2) is 32.4 Å². The Morgan fingerprint density at radius 2 is 2.24 bits per heavy atom. The maximum absolute atomic E-state index is 12.2. The van der Waals surface area contributed by atoms with Crippen molar-refractivity contribution in [2.75, 3.05) is 6.61 Å². The van der Waals surface area contributed by atoms with Crippen molar-refractivity contribution in [3.8, 4) is 5.75 Å². The monoisotopic (exact) mass is 361 g/mol. The Morgan fingerprint density at radius 1 is 1.40 bits per heavy atom. The van der Waals surface area contributed by atoms with Crippen LogP contribution in [0.2, 0.25) is 5.02 Å². The van der Waals surface area contributed by atoms with Gasteiger partial charge in [0.05, 0.1) is 17.8 Å². The number of benzene rings is 1. The first-order valence-corrected chi connectivity index (χ1v) is 8.03. The minimum Gasteiger partial charge on any atom is -0.494 e. The van der Waals surface area contributed by atoms with Gasteiger partial charge >= 0.3 is 11.8 Å². The zero-order valence-electron chi connectivity index (χ0n) is 13.5. The molecule has 2 aromatic heterocycles. The molecule has 1 amide bonds. The van der Waals surface area contributed by atoms with E-state index in [1.807, 2.05) is 31.2 Å². The fraction of sp³-hybridized carbons (Fsp3) is 0.250. The lowest BCUT2D eigenvalue weighted by atomic mass is 10.2. The second kappa shape index (κ2) is 7.80. The number of para-hydroxylation sites is 1. The quantitative estimate of drug-likeness (QED) is 0.693. The number of carbonyl (C=O) groups is 1. The lowest BCUT2D eigenvalue weighted by molar-refractivity contribution is 0.0906. The molecule has 3 rings (SSSR count). The summed E-state index contributed by atoms with van der Waals surface area (Å²) in [5.74, 6) is 0.498. The van der Waals surface area contributed by atoms with Crippen LogP contribution in [0.3, 0.4) is 0 Å². The van der Waals surface area contributed by atoms with Crippen molar-refractivity contribution in [1.82, 2.24) is 25.2 Å². The molecule has 2 heterocycles. The zero-order valence-corrected chi connectivity index (χ0v) is 14.2. The Hall–Kier alpha value is -2.87. The molecular formula is C16H16ClN5O3. The molecule has 130 valence electrons. The van der Waals surface area contributed by atoms with Gasteiger partial charge in [0, 0.05) is 18.3 Å². The van der Waals surface area contributed by atoms with Crippen LogP contribution in [0.1, 0.15) is 29.0 Å². The largest absolute Gasteiger partial charge is 0.494 e. The van der Waals surface area contributed by atoms with Gasteiger partial charge in [-0.3, -0.25) is 9.48 Å². The van der Waals surface area contributed by atoms with Gasteiger partial charge in [0.15, 0.2) is 5.82 Å². The number of rotatable bonds is 7. The molecule has 9 heteroatoms. The molecular weight excluding hydrogens is 346 g/mol. The third kappa shape index (κ3) is 4.36. The van der Waals surface area contributed by atoms with Crippen LogP contribution in [0.4, 0.5) is 0 Å². The molecule has 0 unspecified atom stereocenters. The van der Waals surface area contributed by atoms with E-state index in [4.69, 9.17) is 20.9 Å². The van der Waals surface area contributed by atoms with Crippen LogP contribution in [0, 0.1) is 0 Å². The first kappa shape index (κ1) is 17.0. The van der Waals surface area contributed by atoms with Crippen LogP contribution in [0.15, 0.2) is 41.2 Å². The van der Waals surface area contributed by atoms with Crippen molar-refractivity contribution in [3.63, 3.8) is 0 Å². The van der Waals surface area contributed by atoms with Crippen molar-refractivity contribution in [1.29, 1.82) is 0 Å². The smallest absolute Gasteiger partial charge is 0.316 e. The van der Waals surface area contributed by atoms with Gasteiger partial charge in [0.25, 0.3) is 0 Å². The molecule has 3 aromatic rings. The minimum atomic E-state index is -0.455. The molecule has 0 aliphatic carbocycles. The number of hydrogen-bond donors (Lipinski definition) is 1. The lowest BCUT2D eigenvalue weighted by Crippen LogP contribution is -2.23. The average Bonchev–Trinajstić information content (AvgIpc) is 3.23. The maximum atomic E-state index is 12.2. The highest BCUT2D eigenvalue weighted by atomic mass is 35.5. The highest BCUT2D eigenvalue weighted by molar-refractivity contribution is 6.30. The van der Waals surface area contributed by atoms with Crippen molar-refractivity contribution < 1.29 is 14.1 Å². The molecule has 25 heavy (non-hydrogen) atoms. The van der Waals surface area contributed by atoms with Crippen molar-refractivity contribution in [2.45, 2.75) is 20.0 Å². The van der Waals surface area contributed by atoms with Crippen LogP contribution >= 0.6 is 11.6 Å². The highest BCUT2D eigenvalue weighted by Gasteiger charge is 2.16. The Labute approximate surface area is 148 Å². The van der Waals surface area contributed by atoms with Gasteiger partial charge in [0.2, 0.25) is 0 Å². The van der Waals surface area contributed by atoms with Gasteiger partial charge < -0.3 is 14.6 Å².